The summed E-state index contributed by atoms with van der Waals surface area (Å²) < 4.78 is 0. The molecular weight excluding hydrogens is 202 g/mol. The topological polar surface area (TPSA) is 67.1 Å². The summed E-state index contributed by atoms with van der Waals surface area (Å²) in [5.41, 5.74) is 6.74. The number of aromatic nitrogens is 2. The zero-order valence-electron chi connectivity index (χ0n) is 9.90. The van der Waals surface area contributed by atoms with Crippen molar-refractivity contribution >= 4 is 5.82 Å². The monoisotopic (exact) mass is 221 g/mol. The summed E-state index contributed by atoms with van der Waals surface area (Å²) in [4.78, 5) is 10.8. The van der Waals surface area contributed by atoms with Gasteiger partial charge in [0.1, 0.15) is 11.6 Å². The summed E-state index contributed by atoms with van der Waals surface area (Å²) in [5, 5.41) is 3.49. The third-order valence-electron chi connectivity index (χ3n) is 2.82. The number of likely N-dealkylation sites (N-methyl/N-ethyl adjacent to an activating group) is 1. The van der Waals surface area contributed by atoms with E-state index in [1.807, 2.05) is 13.0 Å². The third kappa shape index (κ3) is 2.90. The zero-order valence-corrected chi connectivity index (χ0v) is 9.90. The number of piperazine rings is 1. The van der Waals surface area contributed by atoms with Gasteiger partial charge in [-0.1, -0.05) is 0 Å². The Morgan fingerprint density at radius 2 is 2.38 bits per heavy atom. The van der Waals surface area contributed by atoms with Crippen molar-refractivity contribution in [1.29, 1.82) is 0 Å². The van der Waals surface area contributed by atoms with E-state index in [0.29, 0.717) is 11.9 Å². The molecule has 88 valence electrons. The van der Waals surface area contributed by atoms with Crippen LogP contribution < -0.4 is 11.1 Å². The van der Waals surface area contributed by atoms with Gasteiger partial charge in [0.05, 0.1) is 0 Å². The number of nitrogens with two attached hydrogens (primary N) is 1. The number of nitrogens with one attached hydrogen (secondary N) is 1. The molecule has 5 nitrogen and oxygen atoms in total. The lowest BCUT2D eigenvalue weighted by atomic mass is 10.1. The zero-order chi connectivity index (χ0) is 11.5. The number of nitrogens with zero attached hydrogens (tertiary/aromatic N) is 3. The molecule has 0 bridgehead atoms. The van der Waals surface area contributed by atoms with Crippen molar-refractivity contribution in [3.63, 3.8) is 0 Å². The van der Waals surface area contributed by atoms with Crippen molar-refractivity contribution in [2.24, 2.45) is 0 Å². The third-order valence-corrected chi connectivity index (χ3v) is 2.82. The summed E-state index contributed by atoms with van der Waals surface area (Å²) >= 11 is 0. The van der Waals surface area contributed by atoms with Gasteiger partial charge in [0.2, 0.25) is 0 Å². The van der Waals surface area contributed by atoms with Crippen LogP contribution in [-0.4, -0.2) is 47.6 Å². The first-order chi connectivity index (χ1) is 7.63. The molecule has 0 saturated carbocycles. The summed E-state index contributed by atoms with van der Waals surface area (Å²) in [6.45, 7) is 5.09. The highest BCUT2D eigenvalue weighted by atomic mass is 15.2. The van der Waals surface area contributed by atoms with Crippen molar-refractivity contribution in [3.8, 4) is 0 Å². The molecule has 2 rings (SSSR count). The van der Waals surface area contributed by atoms with E-state index >= 15 is 0 Å². The van der Waals surface area contributed by atoms with E-state index in [2.05, 4.69) is 27.2 Å². The van der Waals surface area contributed by atoms with Crippen LogP contribution in [0, 0.1) is 6.92 Å². The van der Waals surface area contributed by atoms with Crippen LogP contribution in [0.25, 0.3) is 0 Å². The molecule has 16 heavy (non-hydrogen) atoms. The lowest BCUT2D eigenvalue weighted by molar-refractivity contribution is 0.237. The predicted molar refractivity (Wildman–Crippen MR) is 64.2 cm³/mol. The molecule has 0 aliphatic carbocycles. The number of anilines is 1. The predicted octanol–water partition coefficient (Wildman–Crippen LogP) is -0.187. The van der Waals surface area contributed by atoms with E-state index in [1.165, 1.54) is 0 Å². The molecular formula is C11H19N5. The Bertz CT molecular complexity index is 345. The van der Waals surface area contributed by atoms with Crippen molar-refractivity contribution in [1.82, 2.24) is 20.2 Å². The highest BCUT2D eigenvalue weighted by molar-refractivity contribution is 5.30. The van der Waals surface area contributed by atoms with Crippen molar-refractivity contribution in [2.75, 3.05) is 32.4 Å². The molecule has 1 atom stereocenters. The first kappa shape index (κ1) is 11.3. The van der Waals surface area contributed by atoms with Gasteiger partial charge in [0.25, 0.3) is 0 Å². The van der Waals surface area contributed by atoms with E-state index in [0.717, 1.165) is 37.6 Å². The molecule has 0 radical (unpaired) electrons. The fourth-order valence-corrected chi connectivity index (χ4v) is 2.14. The minimum Gasteiger partial charge on any atom is -0.384 e. The maximum atomic E-state index is 5.71. The molecule has 1 unspecified atom stereocenters. The number of hydrogen-bond donors (Lipinski definition) is 2. The first-order valence-corrected chi connectivity index (χ1v) is 5.65. The van der Waals surface area contributed by atoms with Crippen molar-refractivity contribution in [2.45, 2.75) is 19.4 Å². The SMILES string of the molecule is Cc1nc(N)cc(CC2CN(C)CCN2)n1. The van der Waals surface area contributed by atoms with E-state index in [4.69, 9.17) is 5.73 Å². The molecule has 1 saturated heterocycles. The smallest absolute Gasteiger partial charge is 0.127 e. The highest BCUT2D eigenvalue weighted by Crippen LogP contribution is 2.07. The van der Waals surface area contributed by atoms with Gasteiger partial charge >= 0.3 is 0 Å². The molecule has 1 aromatic heterocycles. The highest BCUT2D eigenvalue weighted by Gasteiger charge is 2.17. The quantitative estimate of drug-likeness (QED) is 0.725. The van der Waals surface area contributed by atoms with Gasteiger partial charge in [-0.25, -0.2) is 9.97 Å². The van der Waals surface area contributed by atoms with Gasteiger partial charge in [-0.15, -0.1) is 0 Å². The summed E-state index contributed by atoms with van der Waals surface area (Å²) in [7, 11) is 2.15. The minimum atomic E-state index is 0.465. The normalized spacial score (nSPS) is 22.2. The molecule has 0 amide bonds. The Kier molecular flexibility index (Phi) is 3.36. The number of hydrogen-bond acceptors (Lipinski definition) is 5. The van der Waals surface area contributed by atoms with Crippen LogP contribution in [0.3, 0.4) is 0 Å². The summed E-state index contributed by atoms with van der Waals surface area (Å²) in [6.07, 6.45) is 0.915. The Morgan fingerprint density at radius 3 is 3.06 bits per heavy atom. The van der Waals surface area contributed by atoms with Gasteiger partial charge in [0.15, 0.2) is 0 Å². The van der Waals surface area contributed by atoms with Gasteiger partial charge < -0.3 is 16.0 Å². The molecule has 0 spiro atoms. The second kappa shape index (κ2) is 4.76. The van der Waals surface area contributed by atoms with Gasteiger partial charge in [-0.2, -0.15) is 0 Å². The van der Waals surface area contributed by atoms with Gasteiger partial charge in [0, 0.05) is 43.9 Å². The van der Waals surface area contributed by atoms with E-state index in [9.17, 15) is 0 Å². The van der Waals surface area contributed by atoms with Crippen LogP contribution in [0.4, 0.5) is 5.82 Å². The molecule has 3 N–H and O–H groups in total. The maximum absolute atomic E-state index is 5.71. The maximum Gasteiger partial charge on any atom is 0.127 e. The molecule has 1 aliphatic rings. The van der Waals surface area contributed by atoms with Crippen LogP contribution in [0.2, 0.25) is 0 Å². The average Bonchev–Trinajstić information content (AvgIpc) is 2.15. The molecule has 1 aromatic rings. The van der Waals surface area contributed by atoms with Gasteiger partial charge in [-0.3, -0.25) is 0 Å². The van der Waals surface area contributed by atoms with Crippen LogP contribution in [-0.2, 0) is 6.42 Å². The second-order valence-electron chi connectivity index (χ2n) is 4.45. The van der Waals surface area contributed by atoms with E-state index in [-0.39, 0.29) is 0 Å². The van der Waals surface area contributed by atoms with Crippen LogP contribution in [0.5, 0.6) is 0 Å². The minimum absolute atomic E-state index is 0.465. The number of aryl methyl sites for hydroxylation is 1. The van der Waals surface area contributed by atoms with Crippen LogP contribution >= 0.6 is 0 Å². The Hall–Kier alpha value is -1.20. The fraction of sp³-hybridized carbons (Fsp3) is 0.636. The van der Waals surface area contributed by atoms with Crippen molar-refractivity contribution in [3.05, 3.63) is 17.6 Å². The number of nitrogen functional groups attached to an aromatic ring is 1. The average molecular weight is 221 g/mol. The molecule has 0 aromatic carbocycles. The van der Waals surface area contributed by atoms with E-state index in [1.54, 1.807) is 0 Å². The second-order valence-corrected chi connectivity index (χ2v) is 4.45. The molecule has 5 heteroatoms. The van der Waals surface area contributed by atoms with Gasteiger partial charge in [-0.05, 0) is 14.0 Å². The number of rotatable bonds is 2. The lowest BCUT2D eigenvalue weighted by Crippen LogP contribution is -2.50. The van der Waals surface area contributed by atoms with E-state index < -0.39 is 0 Å². The Labute approximate surface area is 96.1 Å². The first-order valence-electron chi connectivity index (χ1n) is 5.65. The van der Waals surface area contributed by atoms with Crippen molar-refractivity contribution < 1.29 is 0 Å². The molecule has 2 heterocycles. The fourth-order valence-electron chi connectivity index (χ4n) is 2.14. The Balaban J connectivity index is 2.02. The van der Waals surface area contributed by atoms with Crippen LogP contribution in [0.15, 0.2) is 6.07 Å². The van der Waals surface area contributed by atoms with Crippen LogP contribution in [0.1, 0.15) is 11.5 Å². The summed E-state index contributed by atoms with van der Waals surface area (Å²) in [5.74, 6) is 1.31. The Morgan fingerprint density at radius 1 is 1.56 bits per heavy atom. The largest absolute Gasteiger partial charge is 0.384 e. The molecule has 1 aliphatic heterocycles. The standard InChI is InChI=1S/C11H19N5/c1-8-14-9(6-11(12)15-8)5-10-7-16(2)4-3-13-10/h6,10,13H,3-5,7H2,1-2H3,(H2,12,14,15). The summed E-state index contributed by atoms with van der Waals surface area (Å²) in [6, 6.07) is 2.33. The lowest BCUT2D eigenvalue weighted by Gasteiger charge is -2.30. The molecule has 1 fully saturated rings.